The minimum absolute atomic E-state index is 0.114. The molecule has 1 aromatic heterocycles. The van der Waals surface area contributed by atoms with Gasteiger partial charge in [0, 0.05) is 39.3 Å². The molecule has 0 bridgehead atoms. The topological polar surface area (TPSA) is 166 Å². The van der Waals surface area contributed by atoms with E-state index in [0.29, 0.717) is 57.4 Å². The number of amides is 2. The van der Waals surface area contributed by atoms with Gasteiger partial charge in [-0.1, -0.05) is 0 Å². The summed E-state index contributed by atoms with van der Waals surface area (Å²) >= 11 is 0. The molecule has 1 aliphatic carbocycles. The summed E-state index contributed by atoms with van der Waals surface area (Å²) in [6.07, 6.45) is 4.87. The SMILES string of the molecule is CC1(OC(=O)N2CCC(COc3cnc(N4CCN(S(=O)(=O)CCCN5C[C@H](O)[C@@H](O)C5)CC4=O)cn3)CC2)CC1. The molecule has 5 rings (SSSR count). The van der Waals surface area contributed by atoms with Gasteiger partial charge in [0.25, 0.3) is 0 Å². The maximum absolute atomic E-state index is 12.8. The molecule has 3 saturated heterocycles. The van der Waals surface area contributed by atoms with Crippen LogP contribution in [-0.2, 0) is 19.6 Å². The van der Waals surface area contributed by atoms with Gasteiger partial charge in [-0.15, -0.1) is 0 Å². The van der Waals surface area contributed by atoms with Crippen molar-refractivity contribution in [3.63, 3.8) is 0 Å². The van der Waals surface area contributed by atoms with E-state index in [9.17, 15) is 28.2 Å². The lowest BCUT2D eigenvalue weighted by Gasteiger charge is -2.33. The van der Waals surface area contributed by atoms with Gasteiger partial charge in [-0.2, -0.15) is 4.31 Å². The Morgan fingerprint density at radius 2 is 1.78 bits per heavy atom. The first kappa shape index (κ1) is 29.9. The van der Waals surface area contributed by atoms with Crippen LogP contribution >= 0.6 is 0 Å². The zero-order chi connectivity index (χ0) is 29.2. The van der Waals surface area contributed by atoms with Crippen molar-refractivity contribution in [2.24, 2.45) is 5.92 Å². The summed E-state index contributed by atoms with van der Waals surface area (Å²) in [5, 5.41) is 19.3. The quantitative estimate of drug-likeness (QED) is 0.363. The molecule has 0 unspecified atom stereocenters. The number of carbonyl (C=O) groups is 2. The first-order valence-corrected chi connectivity index (χ1v) is 15.9. The zero-order valence-corrected chi connectivity index (χ0v) is 24.2. The van der Waals surface area contributed by atoms with E-state index in [1.54, 1.807) is 4.90 Å². The van der Waals surface area contributed by atoms with E-state index >= 15 is 0 Å². The van der Waals surface area contributed by atoms with Crippen molar-refractivity contribution in [3.05, 3.63) is 12.4 Å². The number of likely N-dealkylation sites (tertiary alicyclic amines) is 2. The Balaban J connectivity index is 1.02. The minimum atomic E-state index is -3.63. The summed E-state index contributed by atoms with van der Waals surface area (Å²) in [4.78, 5) is 38.7. The first-order valence-electron chi connectivity index (χ1n) is 14.3. The van der Waals surface area contributed by atoms with Crippen molar-refractivity contribution in [2.75, 3.05) is 69.6 Å². The molecule has 4 heterocycles. The molecule has 14 nitrogen and oxygen atoms in total. The molecular formula is C26H40N6O8S. The molecule has 2 atom stereocenters. The summed E-state index contributed by atoms with van der Waals surface area (Å²) < 4.78 is 38.2. The highest BCUT2D eigenvalue weighted by Crippen LogP contribution is 2.39. The maximum atomic E-state index is 12.8. The van der Waals surface area contributed by atoms with Gasteiger partial charge in [0.15, 0.2) is 5.82 Å². The van der Waals surface area contributed by atoms with Crippen LogP contribution in [0.5, 0.6) is 5.88 Å². The fraction of sp³-hybridized carbons (Fsp3) is 0.769. The number of nitrogens with zero attached hydrogens (tertiary/aromatic N) is 6. The summed E-state index contributed by atoms with van der Waals surface area (Å²) in [6, 6.07) is 0. The molecule has 0 aromatic carbocycles. The summed E-state index contributed by atoms with van der Waals surface area (Å²) in [5.41, 5.74) is -0.274. The molecule has 41 heavy (non-hydrogen) atoms. The molecule has 1 saturated carbocycles. The van der Waals surface area contributed by atoms with Gasteiger partial charge in [-0.05, 0) is 51.5 Å². The van der Waals surface area contributed by atoms with E-state index < -0.39 is 22.2 Å². The molecular weight excluding hydrogens is 556 g/mol. The highest BCUT2D eigenvalue weighted by molar-refractivity contribution is 7.89. The zero-order valence-electron chi connectivity index (χ0n) is 23.4. The van der Waals surface area contributed by atoms with Crippen molar-refractivity contribution in [2.45, 2.75) is 56.8 Å². The van der Waals surface area contributed by atoms with Crippen LogP contribution in [0.15, 0.2) is 12.4 Å². The molecule has 1 aromatic rings. The number of aliphatic hydroxyl groups excluding tert-OH is 2. The monoisotopic (exact) mass is 596 g/mol. The second kappa shape index (κ2) is 12.3. The van der Waals surface area contributed by atoms with Crippen LogP contribution in [0, 0.1) is 5.92 Å². The second-order valence-electron chi connectivity index (χ2n) is 11.7. The summed E-state index contributed by atoms with van der Waals surface area (Å²) in [5.74, 6) is 0.458. The number of ether oxygens (including phenoxy) is 2. The molecule has 228 valence electrons. The number of piperidine rings is 1. The van der Waals surface area contributed by atoms with Crippen molar-refractivity contribution in [1.29, 1.82) is 0 Å². The van der Waals surface area contributed by atoms with Gasteiger partial charge in [0.1, 0.15) is 5.60 Å². The van der Waals surface area contributed by atoms with Crippen LogP contribution < -0.4 is 9.64 Å². The number of hydrogen-bond donors (Lipinski definition) is 2. The third kappa shape index (κ3) is 7.63. The van der Waals surface area contributed by atoms with Gasteiger partial charge < -0.3 is 24.6 Å². The van der Waals surface area contributed by atoms with Crippen molar-refractivity contribution < 1.29 is 37.7 Å². The summed E-state index contributed by atoms with van der Waals surface area (Å²) in [7, 11) is -3.63. The van der Waals surface area contributed by atoms with Crippen LogP contribution in [-0.4, -0.2) is 137 Å². The average Bonchev–Trinajstić information content (AvgIpc) is 3.58. The van der Waals surface area contributed by atoms with E-state index in [4.69, 9.17) is 9.47 Å². The summed E-state index contributed by atoms with van der Waals surface area (Å²) in [6.45, 7) is 4.79. The highest BCUT2D eigenvalue weighted by atomic mass is 32.2. The van der Waals surface area contributed by atoms with Gasteiger partial charge in [-0.25, -0.2) is 23.2 Å². The predicted molar refractivity (Wildman–Crippen MR) is 147 cm³/mol. The number of aromatic nitrogens is 2. The van der Waals surface area contributed by atoms with Crippen LogP contribution in [0.2, 0.25) is 0 Å². The van der Waals surface area contributed by atoms with Crippen molar-refractivity contribution >= 4 is 27.8 Å². The number of hydrogen-bond acceptors (Lipinski definition) is 11. The predicted octanol–water partition coefficient (Wildman–Crippen LogP) is -0.338. The fourth-order valence-electron chi connectivity index (χ4n) is 5.32. The van der Waals surface area contributed by atoms with E-state index in [1.165, 1.54) is 21.6 Å². The lowest BCUT2D eigenvalue weighted by atomic mass is 9.98. The number of sulfonamides is 1. The third-order valence-corrected chi connectivity index (χ3v) is 10.2. The molecule has 2 amide bonds. The normalized spacial score (nSPS) is 25.9. The largest absolute Gasteiger partial charge is 0.476 e. The lowest BCUT2D eigenvalue weighted by Crippen LogP contribution is -2.53. The Morgan fingerprint density at radius 3 is 2.39 bits per heavy atom. The number of carbonyl (C=O) groups excluding carboxylic acids is 2. The second-order valence-corrected chi connectivity index (χ2v) is 13.8. The fourth-order valence-corrected chi connectivity index (χ4v) is 6.74. The molecule has 4 aliphatic rings. The number of rotatable bonds is 10. The molecule has 3 aliphatic heterocycles. The number of aliphatic hydroxyl groups is 2. The smallest absolute Gasteiger partial charge is 0.410 e. The molecule has 2 N–H and O–H groups in total. The number of β-amino-alcohol motifs (C(OH)–C–C–N with tert-alkyl or cyclic N) is 2. The van der Waals surface area contributed by atoms with E-state index in [0.717, 1.165) is 25.7 Å². The molecule has 0 spiro atoms. The van der Waals surface area contributed by atoms with E-state index in [-0.39, 0.29) is 48.9 Å². The van der Waals surface area contributed by atoms with Gasteiger partial charge in [-0.3, -0.25) is 14.6 Å². The standard InChI is InChI=1S/C26H40N6O8S/c1-26(5-6-26)40-25(36)30-8-3-19(4-9-30)18-39-23-14-27-22(13-28-23)32-11-10-31(17-24(32)35)41(37,38)12-2-7-29-15-20(33)21(34)16-29/h13-14,19-21,33-34H,2-12,15-18H2,1H3/t20-,21-/m0/s1. The molecule has 4 fully saturated rings. The minimum Gasteiger partial charge on any atom is -0.476 e. The first-order chi connectivity index (χ1) is 19.5. The third-order valence-electron chi connectivity index (χ3n) is 8.31. The van der Waals surface area contributed by atoms with E-state index in [2.05, 4.69) is 9.97 Å². The van der Waals surface area contributed by atoms with Crippen LogP contribution in [0.25, 0.3) is 0 Å². The van der Waals surface area contributed by atoms with Crippen molar-refractivity contribution in [3.8, 4) is 5.88 Å². The van der Waals surface area contributed by atoms with Gasteiger partial charge in [0.2, 0.25) is 21.8 Å². The molecule has 0 radical (unpaired) electrons. The van der Waals surface area contributed by atoms with E-state index in [1.807, 2.05) is 11.8 Å². The average molecular weight is 597 g/mol. The Kier molecular flexibility index (Phi) is 8.99. The highest BCUT2D eigenvalue weighted by Gasteiger charge is 2.43. The lowest BCUT2D eigenvalue weighted by molar-refractivity contribution is -0.120. The Hall–Kier alpha value is -2.59. The Bertz CT molecular complexity index is 1180. The Morgan fingerprint density at radius 1 is 1.07 bits per heavy atom. The Labute approximate surface area is 240 Å². The van der Waals surface area contributed by atoms with Crippen LogP contribution in [0.3, 0.4) is 0 Å². The van der Waals surface area contributed by atoms with Crippen LogP contribution in [0.1, 0.15) is 39.0 Å². The number of anilines is 1. The van der Waals surface area contributed by atoms with Gasteiger partial charge in [0.05, 0.1) is 43.5 Å². The van der Waals surface area contributed by atoms with Crippen molar-refractivity contribution in [1.82, 2.24) is 24.1 Å². The van der Waals surface area contributed by atoms with Gasteiger partial charge >= 0.3 is 6.09 Å². The number of piperazine rings is 1. The van der Waals surface area contributed by atoms with Crippen LogP contribution in [0.4, 0.5) is 10.6 Å². The molecule has 15 heteroatoms. The maximum Gasteiger partial charge on any atom is 0.410 e.